The van der Waals surface area contributed by atoms with Crippen molar-refractivity contribution < 1.29 is 14.3 Å². The van der Waals surface area contributed by atoms with Crippen LogP contribution in [0.3, 0.4) is 0 Å². The van der Waals surface area contributed by atoms with E-state index in [2.05, 4.69) is 10.6 Å². The lowest BCUT2D eigenvalue weighted by Crippen LogP contribution is -2.30. The molecule has 5 nitrogen and oxygen atoms in total. The highest BCUT2D eigenvalue weighted by molar-refractivity contribution is 7.12. The van der Waals surface area contributed by atoms with Crippen LogP contribution in [0, 0.1) is 0 Å². The van der Waals surface area contributed by atoms with Crippen LogP contribution in [-0.4, -0.2) is 32.0 Å². The summed E-state index contributed by atoms with van der Waals surface area (Å²) in [5, 5.41) is 7.56. The zero-order valence-electron chi connectivity index (χ0n) is 13.0. The highest BCUT2D eigenvalue weighted by Crippen LogP contribution is 2.10. The second kappa shape index (κ2) is 9.07. The van der Waals surface area contributed by atoms with Gasteiger partial charge >= 0.3 is 0 Å². The molecule has 0 atom stereocenters. The second-order valence-electron chi connectivity index (χ2n) is 4.93. The molecule has 1 aromatic heterocycles. The van der Waals surface area contributed by atoms with Gasteiger partial charge in [-0.05, 0) is 29.5 Å². The Bertz CT molecular complexity index is 641. The molecule has 2 aromatic rings. The molecule has 1 heterocycles. The van der Waals surface area contributed by atoms with Crippen molar-refractivity contribution in [3.63, 3.8) is 0 Å². The number of thiophene rings is 1. The Labute approximate surface area is 139 Å². The summed E-state index contributed by atoms with van der Waals surface area (Å²) in [6.07, 6.45) is 0.676. The molecular weight excluding hydrogens is 312 g/mol. The van der Waals surface area contributed by atoms with Crippen LogP contribution in [-0.2, 0) is 11.3 Å². The van der Waals surface area contributed by atoms with E-state index in [1.807, 2.05) is 29.6 Å². The quantitative estimate of drug-likeness (QED) is 0.730. The molecule has 6 heteroatoms. The maximum Gasteiger partial charge on any atom is 0.261 e. The minimum absolute atomic E-state index is 0.0724. The average molecular weight is 332 g/mol. The Kier molecular flexibility index (Phi) is 6.77. The first-order chi connectivity index (χ1) is 11.2. The molecule has 0 spiro atoms. The molecule has 0 aliphatic heterocycles. The Balaban J connectivity index is 1.72. The van der Waals surface area contributed by atoms with Gasteiger partial charge in [-0.25, -0.2) is 0 Å². The van der Waals surface area contributed by atoms with Gasteiger partial charge in [-0.2, -0.15) is 0 Å². The zero-order valence-corrected chi connectivity index (χ0v) is 13.8. The second-order valence-corrected chi connectivity index (χ2v) is 5.88. The Morgan fingerprint density at radius 1 is 1.04 bits per heavy atom. The molecule has 0 fully saturated rings. The lowest BCUT2D eigenvalue weighted by molar-refractivity contribution is 0.0948. The minimum Gasteiger partial charge on any atom is -0.380 e. The average Bonchev–Trinajstić information content (AvgIpc) is 3.09. The van der Waals surface area contributed by atoms with E-state index in [4.69, 9.17) is 4.74 Å². The predicted octanol–water partition coefficient (Wildman–Crippen LogP) is 2.44. The highest BCUT2D eigenvalue weighted by Gasteiger charge is 2.10. The molecule has 0 unspecified atom stereocenters. The van der Waals surface area contributed by atoms with Gasteiger partial charge < -0.3 is 15.4 Å². The number of methoxy groups -OCH3 is 1. The van der Waals surface area contributed by atoms with Crippen molar-refractivity contribution in [2.45, 2.75) is 13.0 Å². The van der Waals surface area contributed by atoms with Gasteiger partial charge in [0, 0.05) is 25.8 Å². The van der Waals surface area contributed by atoms with Crippen molar-refractivity contribution in [2.75, 3.05) is 20.2 Å². The van der Waals surface area contributed by atoms with Crippen LogP contribution >= 0.6 is 11.3 Å². The minimum atomic E-state index is -0.123. The van der Waals surface area contributed by atoms with E-state index in [-0.39, 0.29) is 11.8 Å². The molecule has 2 rings (SSSR count). The third-order valence-electron chi connectivity index (χ3n) is 3.23. The first kappa shape index (κ1) is 17.2. The van der Waals surface area contributed by atoms with Gasteiger partial charge in [0.15, 0.2) is 0 Å². The maximum atomic E-state index is 12.2. The number of hydrogen-bond acceptors (Lipinski definition) is 4. The fourth-order valence-corrected chi connectivity index (χ4v) is 2.75. The number of hydrogen-bond donors (Lipinski definition) is 2. The standard InChI is InChI=1S/C17H20N2O3S/c1-22-12-13-6-2-3-7-14(13)16(20)18-9-5-10-19-17(21)15-8-4-11-23-15/h2-4,6-8,11H,5,9-10,12H2,1H3,(H,18,20)(H,19,21). The predicted molar refractivity (Wildman–Crippen MR) is 90.8 cm³/mol. The monoisotopic (exact) mass is 332 g/mol. The van der Waals surface area contributed by atoms with E-state index < -0.39 is 0 Å². The van der Waals surface area contributed by atoms with Gasteiger partial charge in [0.2, 0.25) is 0 Å². The number of nitrogens with one attached hydrogen (secondary N) is 2. The number of ether oxygens (including phenoxy) is 1. The summed E-state index contributed by atoms with van der Waals surface area (Å²) in [6.45, 7) is 1.43. The molecular formula is C17H20N2O3S. The number of carbonyl (C=O) groups excluding carboxylic acids is 2. The van der Waals surface area contributed by atoms with E-state index in [1.54, 1.807) is 19.2 Å². The van der Waals surface area contributed by atoms with E-state index in [9.17, 15) is 9.59 Å². The van der Waals surface area contributed by atoms with E-state index >= 15 is 0 Å². The molecule has 1 aromatic carbocycles. The third-order valence-corrected chi connectivity index (χ3v) is 4.10. The van der Waals surface area contributed by atoms with E-state index in [0.29, 0.717) is 36.6 Å². The normalized spacial score (nSPS) is 10.3. The summed E-state index contributed by atoms with van der Waals surface area (Å²) in [7, 11) is 1.60. The third kappa shape index (κ3) is 5.19. The molecule has 2 amide bonds. The number of carbonyl (C=O) groups is 2. The van der Waals surface area contributed by atoms with Crippen molar-refractivity contribution in [3.05, 3.63) is 57.8 Å². The van der Waals surface area contributed by atoms with Crippen LogP contribution in [0.4, 0.5) is 0 Å². The zero-order chi connectivity index (χ0) is 16.5. The molecule has 0 saturated heterocycles. The first-order valence-electron chi connectivity index (χ1n) is 7.39. The molecule has 0 aliphatic rings. The molecule has 2 N–H and O–H groups in total. The topological polar surface area (TPSA) is 67.4 Å². The van der Waals surface area contributed by atoms with Crippen LogP contribution in [0.25, 0.3) is 0 Å². The largest absolute Gasteiger partial charge is 0.380 e. The molecule has 23 heavy (non-hydrogen) atoms. The van der Waals surface area contributed by atoms with Gasteiger partial charge in [-0.15, -0.1) is 11.3 Å². The number of benzene rings is 1. The van der Waals surface area contributed by atoms with Crippen molar-refractivity contribution >= 4 is 23.2 Å². The molecule has 0 saturated carbocycles. The number of rotatable bonds is 8. The molecule has 0 bridgehead atoms. The van der Waals surface area contributed by atoms with Crippen molar-refractivity contribution in [1.82, 2.24) is 10.6 Å². The Hall–Kier alpha value is -2.18. The van der Waals surface area contributed by atoms with Crippen LogP contribution in [0.15, 0.2) is 41.8 Å². The lowest BCUT2D eigenvalue weighted by atomic mass is 10.1. The van der Waals surface area contributed by atoms with Crippen LogP contribution in [0.1, 0.15) is 32.0 Å². The highest BCUT2D eigenvalue weighted by atomic mass is 32.1. The summed E-state index contributed by atoms with van der Waals surface area (Å²) in [6, 6.07) is 11.0. The van der Waals surface area contributed by atoms with Crippen molar-refractivity contribution in [3.8, 4) is 0 Å². The lowest BCUT2D eigenvalue weighted by Gasteiger charge is -2.10. The first-order valence-corrected chi connectivity index (χ1v) is 8.27. The molecule has 122 valence electrons. The SMILES string of the molecule is COCc1ccccc1C(=O)NCCCNC(=O)c1cccs1. The molecule has 0 radical (unpaired) electrons. The summed E-state index contributed by atoms with van der Waals surface area (Å²) in [5.74, 6) is -0.195. The fraction of sp³-hybridized carbons (Fsp3) is 0.294. The smallest absolute Gasteiger partial charge is 0.261 e. The summed E-state index contributed by atoms with van der Waals surface area (Å²) in [5.41, 5.74) is 1.48. The van der Waals surface area contributed by atoms with Crippen LogP contribution < -0.4 is 10.6 Å². The van der Waals surface area contributed by atoms with E-state index in [0.717, 1.165) is 5.56 Å². The van der Waals surface area contributed by atoms with Gasteiger partial charge in [0.1, 0.15) is 0 Å². The van der Waals surface area contributed by atoms with Crippen molar-refractivity contribution in [2.24, 2.45) is 0 Å². The van der Waals surface area contributed by atoms with Gasteiger partial charge in [-0.1, -0.05) is 24.3 Å². The molecule has 0 aliphatic carbocycles. The maximum absolute atomic E-state index is 12.2. The van der Waals surface area contributed by atoms with Crippen LogP contribution in [0.2, 0.25) is 0 Å². The fourth-order valence-electron chi connectivity index (χ4n) is 2.11. The summed E-state index contributed by atoms with van der Waals surface area (Å²) >= 11 is 1.41. The summed E-state index contributed by atoms with van der Waals surface area (Å²) in [4.78, 5) is 24.6. The summed E-state index contributed by atoms with van der Waals surface area (Å²) < 4.78 is 5.10. The van der Waals surface area contributed by atoms with Gasteiger partial charge in [0.25, 0.3) is 11.8 Å². The van der Waals surface area contributed by atoms with E-state index in [1.165, 1.54) is 11.3 Å². The number of amides is 2. The van der Waals surface area contributed by atoms with Gasteiger partial charge in [0.05, 0.1) is 11.5 Å². The van der Waals surface area contributed by atoms with Crippen molar-refractivity contribution in [1.29, 1.82) is 0 Å². The van der Waals surface area contributed by atoms with Gasteiger partial charge in [-0.3, -0.25) is 9.59 Å². The Morgan fingerprint density at radius 2 is 1.78 bits per heavy atom. The Morgan fingerprint density at radius 3 is 2.48 bits per heavy atom. The van der Waals surface area contributed by atoms with Crippen LogP contribution in [0.5, 0.6) is 0 Å².